The maximum absolute atomic E-state index is 11.8. The van der Waals surface area contributed by atoms with E-state index in [0.29, 0.717) is 5.75 Å². The molecule has 0 aliphatic carbocycles. The topological polar surface area (TPSA) is 26.3 Å². The van der Waals surface area contributed by atoms with Gasteiger partial charge in [-0.2, -0.15) is 0 Å². The number of fused-ring (bicyclic) bond motifs is 1. The fraction of sp³-hybridized carbons (Fsp3) is 0.0714. The van der Waals surface area contributed by atoms with Gasteiger partial charge in [-0.05, 0) is 18.2 Å². The quantitative estimate of drug-likeness (QED) is 0.596. The summed E-state index contributed by atoms with van der Waals surface area (Å²) in [7, 11) is 0. The van der Waals surface area contributed by atoms with E-state index < -0.39 is 0 Å². The molecular weight excluding hydrogens is 232 g/mol. The highest BCUT2D eigenvalue weighted by Crippen LogP contribution is 2.44. The van der Waals surface area contributed by atoms with Crippen LogP contribution in [0.2, 0.25) is 0 Å². The van der Waals surface area contributed by atoms with Gasteiger partial charge >= 0.3 is 5.97 Å². The third-order valence-corrected chi connectivity index (χ3v) is 3.85. The molecule has 0 aromatic heterocycles. The zero-order valence-electron chi connectivity index (χ0n) is 9.00. The SMILES string of the molecule is O=C1Oc2ccccc2C1Sc1ccccc1. The number of hydrogen-bond acceptors (Lipinski definition) is 3. The van der Waals surface area contributed by atoms with Crippen LogP contribution in [0.5, 0.6) is 5.75 Å². The summed E-state index contributed by atoms with van der Waals surface area (Å²) in [6.45, 7) is 0. The van der Waals surface area contributed by atoms with E-state index >= 15 is 0 Å². The summed E-state index contributed by atoms with van der Waals surface area (Å²) >= 11 is 1.53. The van der Waals surface area contributed by atoms with E-state index in [1.807, 2.05) is 54.6 Å². The number of hydrogen-bond donors (Lipinski definition) is 0. The van der Waals surface area contributed by atoms with Gasteiger partial charge in [0.05, 0.1) is 0 Å². The Morgan fingerprint density at radius 3 is 2.47 bits per heavy atom. The first kappa shape index (κ1) is 10.4. The van der Waals surface area contributed by atoms with Crippen LogP contribution in [0.4, 0.5) is 0 Å². The Labute approximate surface area is 104 Å². The highest BCUT2D eigenvalue weighted by atomic mass is 32.2. The number of para-hydroxylation sites is 1. The Hall–Kier alpha value is -1.74. The molecule has 1 heterocycles. The highest BCUT2D eigenvalue weighted by molar-refractivity contribution is 8.00. The molecular formula is C14H10O2S. The van der Waals surface area contributed by atoms with Crippen LogP contribution in [0.3, 0.4) is 0 Å². The van der Waals surface area contributed by atoms with Crippen molar-refractivity contribution in [3.8, 4) is 5.75 Å². The maximum Gasteiger partial charge on any atom is 0.329 e. The number of ether oxygens (including phenoxy) is 1. The van der Waals surface area contributed by atoms with Gasteiger partial charge in [-0.25, -0.2) is 0 Å². The summed E-state index contributed by atoms with van der Waals surface area (Å²) in [5, 5.41) is -0.242. The highest BCUT2D eigenvalue weighted by Gasteiger charge is 2.33. The van der Waals surface area contributed by atoms with Gasteiger partial charge < -0.3 is 4.74 Å². The van der Waals surface area contributed by atoms with Crippen molar-refractivity contribution < 1.29 is 9.53 Å². The minimum absolute atomic E-state index is 0.181. The fourth-order valence-corrected chi connectivity index (χ4v) is 2.88. The van der Waals surface area contributed by atoms with Crippen LogP contribution in [-0.2, 0) is 4.79 Å². The number of thioether (sulfide) groups is 1. The van der Waals surface area contributed by atoms with E-state index in [9.17, 15) is 4.79 Å². The summed E-state index contributed by atoms with van der Waals surface area (Å²) in [5.41, 5.74) is 0.964. The average molecular weight is 242 g/mol. The van der Waals surface area contributed by atoms with Crippen molar-refractivity contribution >= 4 is 17.7 Å². The Bertz CT molecular complexity index is 551. The minimum Gasteiger partial charge on any atom is -0.425 e. The van der Waals surface area contributed by atoms with E-state index in [1.54, 1.807) is 0 Å². The van der Waals surface area contributed by atoms with Gasteiger partial charge in [-0.15, -0.1) is 11.8 Å². The van der Waals surface area contributed by atoms with Crippen LogP contribution in [0.15, 0.2) is 59.5 Å². The predicted octanol–water partition coefficient (Wildman–Crippen LogP) is 3.44. The first-order chi connectivity index (χ1) is 8.34. The Morgan fingerprint density at radius 2 is 1.65 bits per heavy atom. The molecule has 84 valence electrons. The molecule has 0 fully saturated rings. The van der Waals surface area contributed by atoms with Crippen molar-refractivity contribution in [2.75, 3.05) is 0 Å². The maximum atomic E-state index is 11.8. The molecule has 0 radical (unpaired) electrons. The van der Waals surface area contributed by atoms with E-state index in [4.69, 9.17) is 4.74 Å². The van der Waals surface area contributed by atoms with Gasteiger partial charge in [0.2, 0.25) is 0 Å². The van der Waals surface area contributed by atoms with Crippen molar-refractivity contribution in [3.05, 3.63) is 60.2 Å². The Kier molecular flexibility index (Phi) is 2.61. The third-order valence-electron chi connectivity index (χ3n) is 2.62. The van der Waals surface area contributed by atoms with Crippen molar-refractivity contribution in [1.29, 1.82) is 0 Å². The lowest BCUT2D eigenvalue weighted by Gasteiger charge is -2.06. The number of esters is 1. The average Bonchev–Trinajstić information content (AvgIpc) is 2.68. The van der Waals surface area contributed by atoms with E-state index in [0.717, 1.165) is 10.5 Å². The number of carbonyl (C=O) groups excluding carboxylic acids is 1. The van der Waals surface area contributed by atoms with Gasteiger partial charge in [0.25, 0.3) is 0 Å². The monoisotopic (exact) mass is 242 g/mol. The van der Waals surface area contributed by atoms with Gasteiger partial charge in [0.1, 0.15) is 11.0 Å². The number of carbonyl (C=O) groups is 1. The summed E-state index contributed by atoms with van der Waals surface area (Å²) in [4.78, 5) is 12.9. The van der Waals surface area contributed by atoms with E-state index in [-0.39, 0.29) is 11.2 Å². The number of rotatable bonds is 2. The summed E-state index contributed by atoms with van der Waals surface area (Å²) in [6.07, 6.45) is 0. The van der Waals surface area contributed by atoms with Crippen LogP contribution in [0.25, 0.3) is 0 Å². The summed E-state index contributed by atoms with van der Waals surface area (Å²) < 4.78 is 5.23. The van der Waals surface area contributed by atoms with E-state index in [1.165, 1.54) is 11.8 Å². The van der Waals surface area contributed by atoms with Crippen LogP contribution in [0.1, 0.15) is 10.8 Å². The van der Waals surface area contributed by atoms with Gasteiger partial charge in [-0.1, -0.05) is 36.4 Å². The molecule has 0 saturated heterocycles. The molecule has 17 heavy (non-hydrogen) atoms. The van der Waals surface area contributed by atoms with Crippen LogP contribution in [0, 0.1) is 0 Å². The Morgan fingerprint density at radius 1 is 0.941 bits per heavy atom. The first-order valence-corrected chi connectivity index (χ1v) is 6.25. The second-order valence-corrected chi connectivity index (χ2v) is 4.95. The smallest absolute Gasteiger partial charge is 0.329 e. The lowest BCUT2D eigenvalue weighted by molar-refractivity contribution is -0.132. The predicted molar refractivity (Wildman–Crippen MR) is 67.1 cm³/mol. The number of benzene rings is 2. The van der Waals surface area contributed by atoms with Crippen LogP contribution < -0.4 is 4.74 Å². The minimum atomic E-state index is -0.242. The van der Waals surface area contributed by atoms with Crippen molar-refractivity contribution in [3.63, 3.8) is 0 Å². The normalized spacial score (nSPS) is 17.6. The van der Waals surface area contributed by atoms with Gasteiger partial charge in [0.15, 0.2) is 0 Å². The molecule has 1 aliphatic heterocycles. The molecule has 0 saturated carbocycles. The third kappa shape index (κ3) is 1.94. The molecule has 1 atom stereocenters. The molecule has 2 aromatic carbocycles. The first-order valence-electron chi connectivity index (χ1n) is 5.37. The summed E-state index contributed by atoms with van der Waals surface area (Å²) in [5.74, 6) is 0.506. The van der Waals surface area contributed by atoms with E-state index in [2.05, 4.69) is 0 Å². The largest absolute Gasteiger partial charge is 0.425 e. The van der Waals surface area contributed by atoms with Crippen molar-refractivity contribution in [1.82, 2.24) is 0 Å². The lowest BCUT2D eigenvalue weighted by Crippen LogP contribution is -2.06. The van der Waals surface area contributed by atoms with Gasteiger partial charge in [0, 0.05) is 10.5 Å². The lowest BCUT2D eigenvalue weighted by atomic mass is 10.2. The standard InChI is InChI=1S/C14H10O2S/c15-14-13(17-10-6-2-1-3-7-10)11-8-4-5-9-12(11)16-14/h1-9,13H. The molecule has 0 amide bonds. The molecule has 1 aliphatic rings. The zero-order chi connectivity index (χ0) is 11.7. The zero-order valence-corrected chi connectivity index (χ0v) is 9.81. The molecule has 3 rings (SSSR count). The molecule has 1 unspecified atom stereocenters. The molecule has 0 N–H and O–H groups in total. The van der Waals surface area contributed by atoms with Crippen LogP contribution >= 0.6 is 11.8 Å². The molecule has 2 aromatic rings. The second-order valence-electron chi connectivity index (χ2n) is 3.77. The van der Waals surface area contributed by atoms with Gasteiger partial charge in [-0.3, -0.25) is 4.79 Å². The fourth-order valence-electron chi connectivity index (χ4n) is 1.83. The van der Waals surface area contributed by atoms with Crippen molar-refractivity contribution in [2.45, 2.75) is 10.1 Å². The molecule has 0 spiro atoms. The van der Waals surface area contributed by atoms with Crippen molar-refractivity contribution in [2.24, 2.45) is 0 Å². The van der Waals surface area contributed by atoms with Crippen LogP contribution in [-0.4, -0.2) is 5.97 Å². The molecule has 2 nitrogen and oxygen atoms in total. The Balaban J connectivity index is 1.92. The summed E-state index contributed by atoms with van der Waals surface area (Å²) in [6, 6.07) is 17.5. The molecule has 0 bridgehead atoms. The molecule has 3 heteroatoms. The second kappa shape index (κ2) is 4.26.